The molecule has 2 aromatic rings. The van der Waals surface area contributed by atoms with Gasteiger partial charge in [-0.25, -0.2) is 9.38 Å². The first-order valence-electron chi connectivity index (χ1n) is 8.47. The second kappa shape index (κ2) is 8.15. The van der Waals surface area contributed by atoms with E-state index >= 15 is 0 Å². The van der Waals surface area contributed by atoms with Crippen molar-refractivity contribution in [1.82, 2.24) is 15.0 Å². The van der Waals surface area contributed by atoms with E-state index in [-0.39, 0.29) is 36.0 Å². The molecule has 2 aliphatic rings. The van der Waals surface area contributed by atoms with Crippen molar-refractivity contribution in [2.24, 2.45) is 16.6 Å². The third-order valence-electron chi connectivity index (χ3n) is 4.91. The lowest BCUT2D eigenvalue weighted by Crippen LogP contribution is -2.40. The monoisotopic (exact) mass is 444 g/mol. The number of ether oxygens (including phenoxy) is 2. The van der Waals surface area contributed by atoms with Gasteiger partial charge in [-0.1, -0.05) is 11.8 Å². The normalized spacial score (nSPS) is 23.1. The summed E-state index contributed by atoms with van der Waals surface area (Å²) in [6, 6.07) is 2.97. The first-order valence-corrected chi connectivity index (χ1v) is 9.46. The second-order valence-electron chi connectivity index (χ2n) is 6.48. The molecular weight excluding hydrogens is 426 g/mol. The minimum Gasteiger partial charge on any atom is -0.479 e. The number of halogens is 3. The molecule has 0 saturated carbocycles. The van der Waals surface area contributed by atoms with Gasteiger partial charge in [0.05, 0.1) is 32.7 Å². The van der Waals surface area contributed by atoms with Crippen molar-refractivity contribution < 1.29 is 18.3 Å². The Bertz CT molecular complexity index is 910. The zero-order valence-corrected chi connectivity index (χ0v) is 17.3. The highest BCUT2D eigenvalue weighted by Crippen LogP contribution is 2.45. The molecule has 2 N–H and O–H groups in total. The molecule has 12 heteroatoms. The Labute approximate surface area is 176 Å². The van der Waals surface area contributed by atoms with Crippen LogP contribution in [0.5, 0.6) is 11.8 Å². The van der Waals surface area contributed by atoms with Gasteiger partial charge in [0.2, 0.25) is 11.8 Å². The molecule has 4 rings (SSSR count). The number of nitrogens with two attached hydrogens (primary N) is 1. The predicted molar refractivity (Wildman–Crippen MR) is 108 cm³/mol. The van der Waals surface area contributed by atoms with Gasteiger partial charge in [-0.2, -0.15) is 14.4 Å². The van der Waals surface area contributed by atoms with Crippen molar-refractivity contribution in [1.29, 1.82) is 0 Å². The zero-order valence-electron chi connectivity index (χ0n) is 15.6. The summed E-state index contributed by atoms with van der Waals surface area (Å²) in [7, 11) is 2.65. The Morgan fingerprint density at radius 2 is 1.90 bits per heavy atom. The average Bonchev–Trinajstić information content (AvgIpc) is 3.08. The highest BCUT2D eigenvalue weighted by molar-refractivity contribution is 8.13. The number of amidine groups is 1. The minimum absolute atomic E-state index is 0. The summed E-state index contributed by atoms with van der Waals surface area (Å²) in [4.78, 5) is 19.1. The van der Waals surface area contributed by atoms with Crippen molar-refractivity contribution in [3.05, 3.63) is 35.7 Å². The highest BCUT2D eigenvalue weighted by Gasteiger charge is 2.52. The van der Waals surface area contributed by atoms with Crippen molar-refractivity contribution in [2.75, 3.05) is 38.0 Å². The van der Waals surface area contributed by atoms with Gasteiger partial charge in [0.1, 0.15) is 11.4 Å². The van der Waals surface area contributed by atoms with Gasteiger partial charge in [-0.15, -0.1) is 12.4 Å². The third kappa shape index (κ3) is 3.64. The van der Waals surface area contributed by atoms with E-state index in [9.17, 15) is 8.78 Å². The maximum Gasteiger partial charge on any atom is 0.259 e. The molecule has 0 spiro atoms. The van der Waals surface area contributed by atoms with Gasteiger partial charge in [-0.3, -0.25) is 4.98 Å². The van der Waals surface area contributed by atoms with E-state index < -0.39 is 17.2 Å². The van der Waals surface area contributed by atoms with Crippen LogP contribution in [0.25, 0.3) is 0 Å². The Hall–Kier alpha value is -2.40. The van der Waals surface area contributed by atoms with Gasteiger partial charge < -0.3 is 20.1 Å². The quantitative estimate of drug-likeness (QED) is 0.764. The highest BCUT2D eigenvalue weighted by atomic mass is 35.5. The fourth-order valence-electron chi connectivity index (χ4n) is 3.57. The number of methoxy groups -OCH3 is 2. The number of anilines is 1. The number of thioether (sulfide) groups is 1. The van der Waals surface area contributed by atoms with Crippen LogP contribution in [0.15, 0.2) is 23.3 Å². The molecular formula is C17H19ClF2N6O2S. The molecule has 156 valence electrons. The Kier molecular flexibility index (Phi) is 5.99. The summed E-state index contributed by atoms with van der Waals surface area (Å²) in [5.41, 5.74) is 5.86. The van der Waals surface area contributed by atoms with E-state index in [1.165, 1.54) is 32.0 Å². The third-order valence-corrected chi connectivity index (χ3v) is 5.87. The van der Waals surface area contributed by atoms with Crippen LogP contribution in [0.1, 0.15) is 5.69 Å². The molecule has 2 aliphatic heterocycles. The van der Waals surface area contributed by atoms with Crippen LogP contribution in [0.4, 0.5) is 14.7 Å². The van der Waals surface area contributed by atoms with E-state index in [0.717, 1.165) is 6.20 Å². The van der Waals surface area contributed by atoms with Crippen molar-refractivity contribution in [2.45, 2.75) is 5.54 Å². The number of pyridine rings is 1. The summed E-state index contributed by atoms with van der Waals surface area (Å²) < 4.78 is 37.6. The van der Waals surface area contributed by atoms with Crippen LogP contribution in [0.3, 0.4) is 0 Å². The first-order chi connectivity index (χ1) is 13.5. The topological polar surface area (TPSA) is 98.8 Å². The molecule has 1 saturated heterocycles. The SMILES string of the molecule is COc1nc(N2C[C@H]3CSC(N)=N[C@@]3(c3ccc(F)cn3)C2)nc(OC)c1F.Cl. The molecule has 2 atom stereocenters. The Morgan fingerprint density at radius 3 is 2.48 bits per heavy atom. The fraction of sp³-hybridized carbons (Fsp3) is 0.412. The number of fused-ring (bicyclic) bond motifs is 1. The second-order valence-corrected chi connectivity index (χ2v) is 7.52. The summed E-state index contributed by atoms with van der Waals surface area (Å²) in [6.45, 7) is 0.899. The average molecular weight is 445 g/mol. The van der Waals surface area contributed by atoms with Gasteiger partial charge >= 0.3 is 0 Å². The van der Waals surface area contributed by atoms with E-state index in [4.69, 9.17) is 20.2 Å². The van der Waals surface area contributed by atoms with Gasteiger partial charge in [0.15, 0.2) is 5.17 Å². The van der Waals surface area contributed by atoms with Crippen LogP contribution >= 0.6 is 24.2 Å². The number of rotatable bonds is 4. The molecule has 29 heavy (non-hydrogen) atoms. The van der Waals surface area contributed by atoms with Crippen LogP contribution in [-0.2, 0) is 5.54 Å². The molecule has 0 bridgehead atoms. The standard InChI is InChI=1S/C17H18F2N6O2S.ClH/c1-26-13-12(19)14(27-2)23-16(22-13)25-6-9-7-28-15(20)24-17(9,8-25)11-4-3-10(18)5-21-11;/h3-5,9H,6-8H2,1-2H3,(H2,20,24);1H/t9-,17-;/m0./s1. The van der Waals surface area contributed by atoms with Crippen molar-refractivity contribution in [3.63, 3.8) is 0 Å². The summed E-state index contributed by atoms with van der Waals surface area (Å²) >= 11 is 1.45. The minimum atomic E-state index is -0.766. The molecule has 0 aromatic carbocycles. The first kappa shape index (κ1) is 21.3. The molecule has 8 nitrogen and oxygen atoms in total. The molecule has 0 radical (unpaired) electrons. The smallest absolute Gasteiger partial charge is 0.259 e. The lowest BCUT2D eigenvalue weighted by atomic mass is 9.85. The van der Waals surface area contributed by atoms with Crippen molar-refractivity contribution in [3.8, 4) is 11.8 Å². The zero-order chi connectivity index (χ0) is 19.9. The summed E-state index contributed by atoms with van der Waals surface area (Å²) in [5, 5.41) is 0.444. The molecule has 0 unspecified atom stereocenters. The lowest BCUT2D eigenvalue weighted by molar-refractivity contribution is 0.327. The molecule has 2 aromatic heterocycles. The maximum atomic E-state index is 14.2. The number of aromatic nitrogens is 3. The summed E-state index contributed by atoms with van der Waals surface area (Å²) in [5.74, 6) is -0.604. The van der Waals surface area contributed by atoms with Crippen molar-refractivity contribution >= 4 is 35.3 Å². The number of hydrogen-bond donors (Lipinski definition) is 1. The Morgan fingerprint density at radius 1 is 1.21 bits per heavy atom. The molecule has 0 aliphatic carbocycles. The largest absolute Gasteiger partial charge is 0.479 e. The van der Waals surface area contributed by atoms with Crippen LogP contribution in [0, 0.1) is 17.6 Å². The van der Waals surface area contributed by atoms with Gasteiger partial charge in [0, 0.05) is 18.2 Å². The number of nitrogens with zero attached hydrogens (tertiary/aromatic N) is 5. The van der Waals surface area contributed by atoms with E-state index in [1.54, 1.807) is 6.07 Å². The fourth-order valence-corrected chi connectivity index (χ4v) is 4.55. The molecule has 0 amide bonds. The maximum absolute atomic E-state index is 14.2. The number of aliphatic imine (C=N–C) groups is 1. The van der Waals surface area contributed by atoms with Gasteiger partial charge in [-0.05, 0) is 12.1 Å². The lowest BCUT2D eigenvalue weighted by Gasteiger charge is -2.33. The van der Waals surface area contributed by atoms with E-state index in [2.05, 4.69) is 15.0 Å². The summed E-state index contributed by atoms with van der Waals surface area (Å²) in [6.07, 6.45) is 1.16. The van der Waals surface area contributed by atoms with Crippen LogP contribution in [-0.4, -0.2) is 53.2 Å². The van der Waals surface area contributed by atoms with Gasteiger partial charge in [0.25, 0.3) is 11.8 Å². The van der Waals surface area contributed by atoms with E-state index in [1.807, 2.05) is 4.90 Å². The predicted octanol–water partition coefficient (Wildman–Crippen LogP) is 1.98. The van der Waals surface area contributed by atoms with Crippen LogP contribution < -0.4 is 20.1 Å². The van der Waals surface area contributed by atoms with Crippen LogP contribution in [0.2, 0.25) is 0 Å². The Balaban J connectivity index is 0.00000240. The number of hydrogen-bond acceptors (Lipinski definition) is 9. The molecule has 1 fully saturated rings. The van der Waals surface area contributed by atoms with E-state index in [0.29, 0.717) is 29.7 Å². The molecule has 4 heterocycles.